The highest BCUT2D eigenvalue weighted by atomic mass is 35.5. The van der Waals surface area contributed by atoms with E-state index in [4.69, 9.17) is 33.4 Å². The first kappa shape index (κ1) is 10.5. The summed E-state index contributed by atoms with van der Waals surface area (Å²) in [6.07, 6.45) is -1.45. The number of aliphatic hydroxyl groups excluding tert-OH is 1. The van der Waals surface area contributed by atoms with Crippen molar-refractivity contribution < 1.29 is 10.2 Å². The quantitative estimate of drug-likeness (QED) is 0.396. The van der Waals surface area contributed by atoms with E-state index in [1.165, 1.54) is 6.07 Å². The average molecular weight is 224 g/mol. The van der Waals surface area contributed by atoms with Crippen LogP contribution < -0.4 is 5.32 Å². The molecule has 0 aromatic carbocycles. The van der Waals surface area contributed by atoms with Crippen LogP contribution in [0.2, 0.25) is 10.4 Å². The summed E-state index contributed by atoms with van der Waals surface area (Å²) in [5, 5.41) is 19.9. The molecule has 0 spiro atoms. The Balaban J connectivity index is 2.66. The van der Waals surface area contributed by atoms with Gasteiger partial charge in [0.1, 0.15) is 11.0 Å². The minimum Gasteiger partial charge on any atom is -0.367 e. The van der Waals surface area contributed by atoms with Gasteiger partial charge in [0.15, 0.2) is 6.29 Å². The van der Waals surface area contributed by atoms with Crippen molar-refractivity contribution in [3.05, 3.63) is 16.5 Å². The SMILES string of the molecule is OC(O)CNc1cc(Cl)nc(Cl)n1. The van der Waals surface area contributed by atoms with Crippen LogP contribution in [0, 0.1) is 0 Å². The van der Waals surface area contributed by atoms with E-state index >= 15 is 0 Å². The number of nitrogens with zero attached hydrogens (tertiary/aromatic N) is 2. The lowest BCUT2D eigenvalue weighted by Gasteiger charge is -2.06. The summed E-state index contributed by atoms with van der Waals surface area (Å²) in [5.41, 5.74) is 0. The summed E-state index contributed by atoms with van der Waals surface area (Å²) in [6, 6.07) is 1.43. The maximum atomic E-state index is 8.54. The Kier molecular flexibility index (Phi) is 3.68. The molecule has 0 aliphatic rings. The molecule has 0 unspecified atom stereocenters. The zero-order valence-corrected chi connectivity index (χ0v) is 7.92. The van der Waals surface area contributed by atoms with Crippen molar-refractivity contribution in [2.45, 2.75) is 6.29 Å². The highest BCUT2D eigenvalue weighted by Crippen LogP contribution is 2.13. The number of rotatable bonds is 3. The molecule has 0 bridgehead atoms. The Morgan fingerprint density at radius 2 is 2.08 bits per heavy atom. The topological polar surface area (TPSA) is 78.3 Å². The van der Waals surface area contributed by atoms with Crippen molar-refractivity contribution in [2.24, 2.45) is 0 Å². The third kappa shape index (κ3) is 3.73. The summed E-state index contributed by atoms with van der Waals surface area (Å²) in [6.45, 7) is -0.0519. The lowest BCUT2D eigenvalue weighted by Crippen LogP contribution is -2.18. The second-order valence-corrected chi connectivity index (χ2v) is 2.93. The monoisotopic (exact) mass is 223 g/mol. The van der Waals surface area contributed by atoms with Gasteiger partial charge in [-0.05, 0) is 11.6 Å². The number of nitrogens with one attached hydrogen (secondary N) is 1. The molecule has 1 heterocycles. The van der Waals surface area contributed by atoms with Gasteiger partial charge in [-0.3, -0.25) is 0 Å². The van der Waals surface area contributed by atoms with E-state index in [1.807, 2.05) is 0 Å². The zero-order valence-electron chi connectivity index (χ0n) is 6.41. The molecule has 0 aliphatic heterocycles. The minimum atomic E-state index is -1.45. The largest absolute Gasteiger partial charge is 0.367 e. The van der Waals surface area contributed by atoms with Crippen LogP contribution in [0.5, 0.6) is 0 Å². The first-order chi connectivity index (χ1) is 6.08. The van der Waals surface area contributed by atoms with Crippen LogP contribution in [0.1, 0.15) is 0 Å². The number of aromatic nitrogens is 2. The molecule has 72 valence electrons. The van der Waals surface area contributed by atoms with Gasteiger partial charge in [0.05, 0.1) is 6.54 Å². The molecular weight excluding hydrogens is 217 g/mol. The maximum Gasteiger partial charge on any atom is 0.225 e. The van der Waals surface area contributed by atoms with Crippen molar-refractivity contribution >= 4 is 29.0 Å². The van der Waals surface area contributed by atoms with Gasteiger partial charge in [-0.15, -0.1) is 0 Å². The van der Waals surface area contributed by atoms with Gasteiger partial charge < -0.3 is 15.5 Å². The fraction of sp³-hybridized carbons (Fsp3) is 0.333. The molecule has 3 N–H and O–H groups in total. The molecule has 1 rings (SSSR count). The normalized spacial score (nSPS) is 10.5. The summed E-state index contributed by atoms with van der Waals surface area (Å²) < 4.78 is 0. The van der Waals surface area contributed by atoms with Crippen LogP contribution in [-0.2, 0) is 0 Å². The van der Waals surface area contributed by atoms with Crippen LogP contribution in [0.15, 0.2) is 6.07 Å². The van der Waals surface area contributed by atoms with Crippen LogP contribution >= 0.6 is 23.2 Å². The van der Waals surface area contributed by atoms with Gasteiger partial charge in [-0.2, -0.15) is 0 Å². The van der Waals surface area contributed by atoms with Gasteiger partial charge in [-0.25, -0.2) is 9.97 Å². The summed E-state index contributed by atoms with van der Waals surface area (Å²) in [4.78, 5) is 7.36. The lowest BCUT2D eigenvalue weighted by molar-refractivity contribution is -0.0276. The van der Waals surface area contributed by atoms with E-state index in [2.05, 4.69) is 15.3 Å². The number of aliphatic hydroxyl groups is 2. The van der Waals surface area contributed by atoms with Crippen molar-refractivity contribution in [3.8, 4) is 0 Å². The second-order valence-electron chi connectivity index (χ2n) is 2.21. The Morgan fingerprint density at radius 3 is 2.62 bits per heavy atom. The molecule has 0 fully saturated rings. The van der Waals surface area contributed by atoms with Crippen molar-refractivity contribution in [3.63, 3.8) is 0 Å². The van der Waals surface area contributed by atoms with Crippen molar-refractivity contribution in [1.29, 1.82) is 0 Å². The molecule has 0 saturated heterocycles. The Morgan fingerprint density at radius 1 is 1.38 bits per heavy atom. The molecule has 0 saturated carbocycles. The van der Waals surface area contributed by atoms with E-state index in [0.717, 1.165) is 0 Å². The molecule has 0 aliphatic carbocycles. The van der Waals surface area contributed by atoms with Gasteiger partial charge in [0.2, 0.25) is 5.28 Å². The third-order valence-electron chi connectivity index (χ3n) is 1.13. The highest BCUT2D eigenvalue weighted by molar-refractivity contribution is 6.32. The summed E-state index contributed by atoms with van der Waals surface area (Å²) in [5.74, 6) is 0.345. The van der Waals surface area contributed by atoms with Crippen molar-refractivity contribution in [2.75, 3.05) is 11.9 Å². The van der Waals surface area contributed by atoms with E-state index in [9.17, 15) is 0 Å². The molecule has 0 amide bonds. The number of hydrogen-bond acceptors (Lipinski definition) is 5. The van der Waals surface area contributed by atoms with Gasteiger partial charge in [0.25, 0.3) is 0 Å². The summed E-state index contributed by atoms with van der Waals surface area (Å²) in [7, 11) is 0. The molecule has 13 heavy (non-hydrogen) atoms. The Labute approximate surface area is 84.3 Å². The number of hydrogen-bond donors (Lipinski definition) is 3. The zero-order chi connectivity index (χ0) is 9.84. The van der Waals surface area contributed by atoms with Gasteiger partial charge >= 0.3 is 0 Å². The van der Waals surface area contributed by atoms with E-state index < -0.39 is 6.29 Å². The third-order valence-corrected chi connectivity index (χ3v) is 1.50. The molecule has 1 aromatic heterocycles. The molecule has 0 atom stereocenters. The van der Waals surface area contributed by atoms with Crippen LogP contribution in [0.25, 0.3) is 0 Å². The molecule has 7 heteroatoms. The first-order valence-electron chi connectivity index (χ1n) is 3.38. The predicted molar refractivity (Wildman–Crippen MR) is 48.8 cm³/mol. The average Bonchev–Trinajstić information content (AvgIpc) is 1.99. The van der Waals surface area contributed by atoms with E-state index in [-0.39, 0.29) is 17.0 Å². The van der Waals surface area contributed by atoms with Gasteiger partial charge in [0, 0.05) is 6.07 Å². The van der Waals surface area contributed by atoms with Crippen LogP contribution in [0.3, 0.4) is 0 Å². The molecule has 1 aromatic rings. The smallest absolute Gasteiger partial charge is 0.225 e. The highest BCUT2D eigenvalue weighted by Gasteiger charge is 2.02. The summed E-state index contributed by atoms with van der Waals surface area (Å²) >= 11 is 11.1. The first-order valence-corrected chi connectivity index (χ1v) is 4.13. The molecule has 5 nitrogen and oxygen atoms in total. The van der Waals surface area contributed by atoms with E-state index in [0.29, 0.717) is 5.82 Å². The fourth-order valence-corrected chi connectivity index (χ4v) is 1.09. The fourth-order valence-electron chi connectivity index (χ4n) is 0.676. The number of anilines is 1. The van der Waals surface area contributed by atoms with Crippen LogP contribution in [0.4, 0.5) is 5.82 Å². The van der Waals surface area contributed by atoms with Crippen molar-refractivity contribution in [1.82, 2.24) is 9.97 Å². The Bertz CT molecular complexity index is 275. The molecular formula is C6H7Cl2N3O2. The molecule has 0 radical (unpaired) electrons. The second kappa shape index (κ2) is 4.57. The number of halogens is 2. The Hall–Kier alpha value is -0.620. The van der Waals surface area contributed by atoms with E-state index in [1.54, 1.807) is 0 Å². The predicted octanol–water partition coefficient (Wildman–Crippen LogP) is 0.506. The van der Waals surface area contributed by atoms with Gasteiger partial charge in [-0.1, -0.05) is 11.6 Å². The van der Waals surface area contributed by atoms with Crippen LogP contribution in [-0.4, -0.2) is 33.0 Å². The maximum absolute atomic E-state index is 8.54. The minimum absolute atomic E-state index is 0.00225. The lowest BCUT2D eigenvalue weighted by atomic mass is 10.5. The standard InChI is InChI=1S/C6H7Cl2N3O2/c7-3-1-4(9-2-5(12)13)11-6(8)10-3/h1,5,12-13H,2H2,(H,9,10,11).